The molecule has 2 rings (SSSR count). The molecule has 3 atom stereocenters. The number of hydrogen-bond acceptors (Lipinski definition) is 3. The van der Waals surface area contributed by atoms with Crippen molar-refractivity contribution >= 4 is 0 Å². The summed E-state index contributed by atoms with van der Waals surface area (Å²) in [5, 5.41) is 9.26. The van der Waals surface area contributed by atoms with Crippen molar-refractivity contribution in [3.63, 3.8) is 0 Å². The summed E-state index contributed by atoms with van der Waals surface area (Å²) in [5.41, 5.74) is 0. The van der Waals surface area contributed by atoms with Gasteiger partial charge in [-0.05, 0) is 38.0 Å². The van der Waals surface area contributed by atoms with Crippen LogP contribution in [-0.2, 0) is 9.47 Å². The first kappa shape index (κ1) is 18.1. The summed E-state index contributed by atoms with van der Waals surface area (Å²) in [4.78, 5) is 0. The second-order valence-electron chi connectivity index (χ2n) is 6.91. The molecular weight excluding hydrogens is 288 g/mol. The maximum absolute atomic E-state index is 9.26. The first-order valence-corrected chi connectivity index (χ1v) is 8.65. The molecule has 1 N–H and O–H groups in total. The predicted octanol–water partition coefficient (Wildman–Crippen LogP) is 3.42. The molecule has 1 saturated carbocycles. The summed E-state index contributed by atoms with van der Waals surface area (Å²) in [6.45, 7) is 7.40. The summed E-state index contributed by atoms with van der Waals surface area (Å²) in [5.74, 6) is 11.3. The van der Waals surface area contributed by atoms with Gasteiger partial charge in [0.05, 0.1) is 12.2 Å². The van der Waals surface area contributed by atoms with Crippen molar-refractivity contribution in [1.29, 1.82) is 0 Å². The van der Waals surface area contributed by atoms with Crippen LogP contribution in [0.5, 0.6) is 0 Å². The average molecular weight is 316 g/mol. The molecule has 0 bridgehead atoms. The van der Waals surface area contributed by atoms with Crippen LogP contribution in [-0.4, -0.2) is 29.2 Å². The Hall–Kier alpha value is -1.26. The van der Waals surface area contributed by atoms with E-state index in [4.69, 9.17) is 9.47 Å². The Morgan fingerprint density at radius 1 is 1.17 bits per heavy atom. The van der Waals surface area contributed by atoms with Crippen molar-refractivity contribution in [3.05, 3.63) is 12.7 Å². The Morgan fingerprint density at radius 2 is 1.87 bits per heavy atom. The van der Waals surface area contributed by atoms with E-state index >= 15 is 0 Å². The molecule has 126 valence electrons. The molecule has 0 aromatic heterocycles. The van der Waals surface area contributed by atoms with Gasteiger partial charge in [-0.1, -0.05) is 56.6 Å². The van der Waals surface area contributed by atoms with Crippen molar-refractivity contribution in [3.8, 4) is 23.7 Å². The zero-order chi connectivity index (χ0) is 16.7. The van der Waals surface area contributed by atoms with Crippen molar-refractivity contribution < 1.29 is 14.6 Å². The van der Waals surface area contributed by atoms with Crippen molar-refractivity contribution in [1.82, 2.24) is 0 Å². The van der Waals surface area contributed by atoms with Crippen LogP contribution in [0.4, 0.5) is 0 Å². The van der Waals surface area contributed by atoms with E-state index in [1.165, 1.54) is 38.2 Å². The predicted molar refractivity (Wildman–Crippen MR) is 91.4 cm³/mol. The van der Waals surface area contributed by atoms with Crippen LogP contribution in [0.15, 0.2) is 12.7 Å². The van der Waals surface area contributed by atoms with Gasteiger partial charge in [0.2, 0.25) is 0 Å². The van der Waals surface area contributed by atoms with Crippen molar-refractivity contribution in [2.45, 2.75) is 82.9 Å². The zero-order valence-corrected chi connectivity index (χ0v) is 14.3. The molecule has 1 aliphatic heterocycles. The second-order valence-corrected chi connectivity index (χ2v) is 6.91. The fourth-order valence-corrected chi connectivity index (χ4v) is 3.40. The molecule has 1 heterocycles. The number of rotatable bonds is 4. The number of aliphatic hydroxyl groups excluding tert-OH is 1. The lowest BCUT2D eigenvalue weighted by atomic mass is 9.84. The minimum absolute atomic E-state index is 0.00514. The van der Waals surface area contributed by atoms with Gasteiger partial charge in [0, 0.05) is 6.42 Å². The smallest absolute Gasteiger partial charge is 0.163 e. The van der Waals surface area contributed by atoms with E-state index in [0.717, 1.165) is 12.3 Å². The Morgan fingerprint density at radius 3 is 2.57 bits per heavy atom. The fraction of sp³-hybridized carbons (Fsp3) is 0.700. The van der Waals surface area contributed by atoms with E-state index in [0.29, 0.717) is 6.42 Å². The standard InChI is InChI=1S/C20H28O3/c1-4-17(21)13-9-6-10-14-18-19(23-20(2,3)22-18)15-16-11-7-5-8-12-16/h4,16-19,21H,1,5,7-8,11-12,14-15H2,2-3H3/t17-,18-,19-/m1/s1. The van der Waals surface area contributed by atoms with Crippen LogP contribution < -0.4 is 0 Å². The molecule has 23 heavy (non-hydrogen) atoms. The van der Waals surface area contributed by atoms with Gasteiger partial charge in [0.1, 0.15) is 6.10 Å². The van der Waals surface area contributed by atoms with E-state index in [2.05, 4.69) is 30.3 Å². The third-order valence-electron chi connectivity index (χ3n) is 4.47. The van der Waals surface area contributed by atoms with Gasteiger partial charge in [0.15, 0.2) is 5.79 Å². The van der Waals surface area contributed by atoms with Crippen LogP contribution in [0, 0.1) is 29.6 Å². The first-order chi connectivity index (χ1) is 11.0. The van der Waals surface area contributed by atoms with Gasteiger partial charge in [-0.3, -0.25) is 0 Å². The highest BCUT2D eigenvalue weighted by atomic mass is 16.7. The number of hydrogen-bond donors (Lipinski definition) is 1. The van der Waals surface area contributed by atoms with E-state index in [9.17, 15) is 5.11 Å². The van der Waals surface area contributed by atoms with Crippen molar-refractivity contribution in [2.75, 3.05) is 0 Å². The molecule has 2 fully saturated rings. The van der Waals surface area contributed by atoms with Crippen LogP contribution >= 0.6 is 0 Å². The van der Waals surface area contributed by atoms with Gasteiger partial charge < -0.3 is 14.6 Å². The highest BCUT2D eigenvalue weighted by molar-refractivity contribution is 5.28. The lowest BCUT2D eigenvalue weighted by molar-refractivity contribution is -0.147. The van der Waals surface area contributed by atoms with E-state index < -0.39 is 11.9 Å². The third kappa shape index (κ3) is 6.04. The Kier molecular flexibility index (Phi) is 6.72. The molecule has 3 nitrogen and oxygen atoms in total. The highest BCUT2D eigenvalue weighted by Gasteiger charge is 2.41. The monoisotopic (exact) mass is 316 g/mol. The quantitative estimate of drug-likeness (QED) is 0.638. The maximum Gasteiger partial charge on any atom is 0.163 e. The van der Waals surface area contributed by atoms with E-state index in [1.807, 2.05) is 13.8 Å². The van der Waals surface area contributed by atoms with Gasteiger partial charge in [-0.2, -0.15) is 0 Å². The molecule has 1 saturated heterocycles. The summed E-state index contributed by atoms with van der Waals surface area (Å²) < 4.78 is 12.1. The van der Waals surface area contributed by atoms with Gasteiger partial charge in [-0.25, -0.2) is 0 Å². The molecule has 2 aliphatic rings. The topological polar surface area (TPSA) is 38.7 Å². The summed E-state index contributed by atoms with van der Waals surface area (Å²) in [7, 11) is 0. The zero-order valence-electron chi connectivity index (χ0n) is 14.3. The van der Waals surface area contributed by atoms with Crippen molar-refractivity contribution in [2.24, 2.45) is 5.92 Å². The van der Waals surface area contributed by atoms with Crippen LogP contribution in [0.3, 0.4) is 0 Å². The van der Waals surface area contributed by atoms with Crippen LogP contribution in [0.25, 0.3) is 0 Å². The maximum atomic E-state index is 9.26. The fourth-order valence-electron chi connectivity index (χ4n) is 3.40. The minimum Gasteiger partial charge on any atom is -0.377 e. The SMILES string of the molecule is C=C[C@@H](O)C#CC#CC[C@H]1OC(C)(C)O[C@@H]1CC1CCCCC1. The Balaban J connectivity index is 1.90. The average Bonchev–Trinajstić information content (AvgIpc) is 2.81. The summed E-state index contributed by atoms with van der Waals surface area (Å²) in [6.07, 6.45) is 9.04. The van der Waals surface area contributed by atoms with Crippen LogP contribution in [0.1, 0.15) is 58.8 Å². The Bertz CT molecular complexity index is 508. The third-order valence-corrected chi connectivity index (χ3v) is 4.47. The Labute approximate surface area is 140 Å². The molecule has 0 unspecified atom stereocenters. The minimum atomic E-state index is -0.812. The molecule has 0 aromatic rings. The first-order valence-electron chi connectivity index (χ1n) is 8.65. The highest BCUT2D eigenvalue weighted by Crippen LogP contribution is 2.36. The molecule has 0 spiro atoms. The molecule has 1 aliphatic carbocycles. The summed E-state index contributed by atoms with van der Waals surface area (Å²) in [6, 6.07) is 0. The number of ether oxygens (including phenoxy) is 2. The van der Waals surface area contributed by atoms with Gasteiger partial charge in [0.25, 0.3) is 0 Å². The van der Waals surface area contributed by atoms with E-state index in [-0.39, 0.29) is 12.2 Å². The van der Waals surface area contributed by atoms with Gasteiger partial charge in [-0.15, -0.1) is 0 Å². The largest absolute Gasteiger partial charge is 0.377 e. The molecule has 0 amide bonds. The van der Waals surface area contributed by atoms with E-state index in [1.54, 1.807) is 0 Å². The lowest BCUT2D eigenvalue weighted by Crippen LogP contribution is -2.26. The molecule has 3 heteroatoms. The molecular formula is C20H28O3. The second kappa shape index (κ2) is 8.55. The number of aliphatic hydroxyl groups is 1. The van der Waals surface area contributed by atoms with Crippen LogP contribution in [0.2, 0.25) is 0 Å². The lowest BCUT2D eigenvalue weighted by Gasteiger charge is -2.25. The van der Waals surface area contributed by atoms with Gasteiger partial charge >= 0.3 is 0 Å². The summed E-state index contributed by atoms with van der Waals surface area (Å²) >= 11 is 0. The molecule has 0 radical (unpaired) electrons. The normalized spacial score (nSPS) is 28.1. The molecule has 0 aromatic carbocycles.